The van der Waals surface area contributed by atoms with Gasteiger partial charge in [-0.25, -0.2) is 4.98 Å². The number of hydrogen-bond donors (Lipinski definition) is 2. The summed E-state index contributed by atoms with van der Waals surface area (Å²) < 4.78 is 0. The van der Waals surface area contributed by atoms with Gasteiger partial charge in [-0.15, -0.1) is 0 Å². The van der Waals surface area contributed by atoms with Gasteiger partial charge in [0.25, 0.3) is 11.8 Å². The molecule has 1 atom stereocenters. The first-order valence-corrected chi connectivity index (χ1v) is 12.0. The van der Waals surface area contributed by atoms with E-state index in [1.807, 2.05) is 6.07 Å². The standard InChI is InChI=1S/C28H22ClN5O3/c29-21-10-11-22-23(15-21)32-27(36)24(14-19-4-3-12-30-16-19)34(28(22)37)17-18-6-8-20(9-7-18)26(35)33-25-5-1-2-13-31-25/h1-13,15-16,24H,14,17H2,(H,32,36)(H,31,33,35)/t24-/m1/s1. The molecule has 9 heteroatoms. The van der Waals surface area contributed by atoms with Gasteiger partial charge >= 0.3 is 0 Å². The van der Waals surface area contributed by atoms with Crippen LogP contribution in [0.4, 0.5) is 11.5 Å². The van der Waals surface area contributed by atoms with Crippen LogP contribution in [0.1, 0.15) is 31.8 Å². The minimum absolute atomic E-state index is 0.168. The van der Waals surface area contributed by atoms with E-state index >= 15 is 0 Å². The molecule has 0 saturated carbocycles. The number of carbonyl (C=O) groups excluding carboxylic acids is 3. The zero-order chi connectivity index (χ0) is 25.8. The number of aromatic nitrogens is 2. The van der Waals surface area contributed by atoms with Gasteiger partial charge in [0.2, 0.25) is 5.91 Å². The number of halogens is 1. The molecule has 0 bridgehead atoms. The van der Waals surface area contributed by atoms with Crippen LogP contribution in [-0.4, -0.2) is 38.6 Å². The molecule has 1 aliphatic heterocycles. The molecular weight excluding hydrogens is 490 g/mol. The van der Waals surface area contributed by atoms with Crippen molar-refractivity contribution in [3.8, 4) is 0 Å². The molecule has 0 unspecified atom stereocenters. The van der Waals surface area contributed by atoms with Gasteiger partial charge in [-0.1, -0.05) is 35.9 Å². The Morgan fingerprint density at radius 1 is 0.973 bits per heavy atom. The summed E-state index contributed by atoms with van der Waals surface area (Å²) in [5.41, 5.74) is 2.77. The van der Waals surface area contributed by atoms with Gasteiger partial charge in [0.1, 0.15) is 11.9 Å². The van der Waals surface area contributed by atoms with Crippen molar-refractivity contribution in [2.75, 3.05) is 10.6 Å². The summed E-state index contributed by atoms with van der Waals surface area (Å²) in [5, 5.41) is 6.03. The maximum atomic E-state index is 13.7. The van der Waals surface area contributed by atoms with Gasteiger partial charge < -0.3 is 15.5 Å². The highest BCUT2D eigenvalue weighted by molar-refractivity contribution is 6.31. The molecule has 3 amide bonds. The monoisotopic (exact) mass is 511 g/mol. The van der Waals surface area contributed by atoms with Gasteiger partial charge in [-0.3, -0.25) is 19.4 Å². The fraction of sp³-hybridized carbons (Fsp3) is 0.107. The Morgan fingerprint density at radius 3 is 2.54 bits per heavy atom. The molecule has 5 rings (SSSR count). The molecular formula is C28H22ClN5O3. The molecule has 0 spiro atoms. The van der Waals surface area contributed by atoms with Crippen LogP contribution >= 0.6 is 11.6 Å². The van der Waals surface area contributed by atoms with Crippen molar-refractivity contribution in [1.29, 1.82) is 0 Å². The first-order valence-electron chi connectivity index (χ1n) is 11.6. The Balaban J connectivity index is 1.42. The normalized spacial score (nSPS) is 14.9. The van der Waals surface area contributed by atoms with E-state index in [1.165, 1.54) is 0 Å². The second-order valence-electron chi connectivity index (χ2n) is 8.56. The van der Waals surface area contributed by atoms with Crippen LogP contribution in [0.25, 0.3) is 0 Å². The Hall–Kier alpha value is -4.56. The predicted molar refractivity (Wildman–Crippen MR) is 140 cm³/mol. The van der Waals surface area contributed by atoms with E-state index in [1.54, 1.807) is 90.2 Å². The van der Waals surface area contributed by atoms with Gasteiger partial charge in [0, 0.05) is 42.1 Å². The molecule has 3 heterocycles. The second-order valence-corrected chi connectivity index (χ2v) is 9.00. The number of amides is 3. The Kier molecular flexibility index (Phi) is 6.91. The highest BCUT2D eigenvalue weighted by Gasteiger charge is 2.35. The summed E-state index contributed by atoms with van der Waals surface area (Å²) >= 11 is 6.13. The fourth-order valence-corrected chi connectivity index (χ4v) is 4.34. The van der Waals surface area contributed by atoms with Crippen molar-refractivity contribution in [3.05, 3.63) is 119 Å². The van der Waals surface area contributed by atoms with E-state index < -0.39 is 6.04 Å². The number of pyridine rings is 2. The summed E-state index contributed by atoms with van der Waals surface area (Å²) in [6.07, 6.45) is 5.22. The maximum absolute atomic E-state index is 13.7. The van der Waals surface area contributed by atoms with Crippen molar-refractivity contribution >= 4 is 40.8 Å². The molecule has 0 radical (unpaired) electrons. The van der Waals surface area contributed by atoms with Crippen LogP contribution in [0.15, 0.2) is 91.4 Å². The number of rotatable bonds is 6. The number of nitrogens with one attached hydrogen (secondary N) is 2. The average molecular weight is 512 g/mol. The minimum Gasteiger partial charge on any atom is -0.323 e. The average Bonchev–Trinajstić information content (AvgIpc) is 3.00. The highest BCUT2D eigenvalue weighted by atomic mass is 35.5. The largest absolute Gasteiger partial charge is 0.323 e. The van der Waals surface area contributed by atoms with Crippen LogP contribution in [0.2, 0.25) is 5.02 Å². The lowest BCUT2D eigenvalue weighted by atomic mass is 10.0. The third-order valence-electron chi connectivity index (χ3n) is 6.04. The minimum atomic E-state index is -0.782. The molecule has 0 fully saturated rings. The topological polar surface area (TPSA) is 104 Å². The molecule has 0 saturated heterocycles. The van der Waals surface area contributed by atoms with Gasteiger partial charge in [-0.2, -0.15) is 0 Å². The number of nitrogens with zero attached hydrogens (tertiary/aromatic N) is 3. The van der Waals surface area contributed by atoms with Gasteiger partial charge in [-0.05, 0) is 59.7 Å². The summed E-state index contributed by atoms with van der Waals surface area (Å²) in [7, 11) is 0. The zero-order valence-electron chi connectivity index (χ0n) is 19.6. The third-order valence-corrected chi connectivity index (χ3v) is 6.27. The molecule has 1 aliphatic rings. The van der Waals surface area contributed by atoms with E-state index in [0.717, 1.165) is 11.1 Å². The Morgan fingerprint density at radius 2 is 1.81 bits per heavy atom. The first-order chi connectivity index (χ1) is 18.0. The molecule has 8 nitrogen and oxygen atoms in total. The summed E-state index contributed by atoms with van der Waals surface area (Å²) in [6, 6.07) is 19.9. The van der Waals surface area contributed by atoms with Gasteiger partial charge in [0.05, 0.1) is 11.3 Å². The van der Waals surface area contributed by atoms with E-state index in [4.69, 9.17) is 11.6 Å². The Bertz CT molecular complexity index is 1450. The van der Waals surface area contributed by atoms with Crippen LogP contribution < -0.4 is 10.6 Å². The number of carbonyl (C=O) groups is 3. The molecule has 184 valence electrons. The van der Waals surface area contributed by atoms with Crippen LogP contribution in [0, 0.1) is 0 Å². The van der Waals surface area contributed by atoms with E-state index in [0.29, 0.717) is 27.7 Å². The van der Waals surface area contributed by atoms with Crippen molar-refractivity contribution in [3.63, 3.8) is 0 Å². The lowest BCUT2D eigenvalue weighted by Gasteiger charge is -2.29. The zero-order valence-corrected chi connectivity index (χ0v) is 20.4. The lowest BCUT2D eigenvalue weighted by molar-refractivity contribution is -0.120. The van der Waals surface area contributed by atoms with Gasteiger partial charge in [0.15, 0.2) is 0 Å². The predicted octanol–water partition coefficient (Wildman–Crippen LogP) is 4.59. The van der Waals surface area contributed by atoms with Crippen molar-refractivity contribution in [2.45, 2.75) is 19.0 Å². The third kappa shape index (κ3) is 5.49. The van der Waals surface area contributed by atoms with Crippen LogP contribution in [0.3, 0.4) is 0 Å². The summed E-state index contributed by atoms with van der Waals surface area (Å²) in [5.74, 6) is -0.453. The van der Waals surface area contributed by atoms with Crippen molar-refractivity contribution in [2.24, 2.45) is 0 Å². The van der Waals surface area contributed by atoms with Crippen LogP contribution in [0.5, 0.6) is 0 Å². The smallest absolute Gasteiger partial charge is 0.256 e. The number of anilines is 2. The maximum Gasteiger partial charge on any atom is 0.256 e. The fourth-order valence-electron chi connectivity index (χ4n) is 4.17. The number of benzene rings is 2. The van der Waals surface area contributed by atoms with Crippen molar-refractivity contribution < 1.29 is 14.4 Å². The first kappa shape index (κ1) is 24.1. The summed E-state index contributed by atoms with van der Waals surface area (Å²) in [4.78, 5) is 49.4. The quantitative estimate of drug-likeness (QED) is 0.394. The van der Waals surface area contributed by atoms with Crippen molar-refractivity contribution in [1.82, 2.24) is 14.9 Å². The van der Waals surface area contributed by atoms with Crippen LogP contribution in [-0.2, 0) is 17.8 Å². The molecule has 2 aromatic carbocycles. The van der Waals surface area contributed by atoms with E-state index in [9.17, 15) is 14.4 Å². The molecule has 0 aliphatic carbocycles. The molecule has 37 heavy (non-hydrogen) atoms. The summed E-state index contributed by atoms with van der Waals surface area (Å²) in [6.45, 7) is 0.168. The number of fused-ring (bicyclic) bond motifs is 1. The second kappa shape index (κ2) is 10.6. The SMILES string of the molecule is O=C(Nc1ccccn1)c1ccc(CN2C(=O)c3ccc(Cl)cc3NC(=O)[C@H]2Cc2cccnc2)cc1. The molecule has 4 aromatic rings. The van der Waals surface area contributed by atoms with E-state index in [-0.39, 0.29) is 30.7 Å². The lowest BCUT2D eigenvalue weighted by Crippen LogP contribution is -2.46. The number of hydrogen-bond acceptors (Lipinski definition) is 5. The Labute approximate surface area is 218 Å². The molecule has 2 N–H and O–H groups in total. The highest BCUT2D eigenvalue weighted by Crippen LogP contribution is 2.29. The molecule has 2 aromatic heterocycles. The van der Waals surface area contributed by atoms with E-state index in [2.05, 4.69) is 20.6 Å².